The molecule has 4 heteroatoms. The number of nitrogens with zero attached hydrogens (tertiary/aromatic N) is 2. The Kier molecular flexibility index (Phi) is 4.55. The van der Waals surface area contributed by atoms with Crippen LogP contribution in [0.3, 0.4) is 0 Å². The van der Waals surface area contributed by atoms with Gasteiger partial charge in [-0.1, -0.05) is 54.1 Å². The molecule has 0 unspecified atom stereocenters. The van der Waals surface area contributed by atoms with Crippen molar-refractivity contribution in [3.8, 4) is 0 Å². The van der Waals surface area contributed by atoms with Crippen molar-refractivity contribution in [2.45, 2.75) is 13.0 Å². The molecule has 0 aliphatic rings. The van der Waals surface area contributed by atoms with Crippen molar-refractivity contribution < 1.29 is 4.79 Å². The molecule has 0 saturated heterocycles. The number of hydrogen-bond donors (Lipinski definition) is 0. The first-order chi connectivity index (χ1) is 12.7. The molecule has 128 valence electrons. The van der Waals surface area contributed by atoms with Gasteiger partial charge >= 0.3 is 0 Å². The van der Waals surface area contributed by atoms with Gasteiger partial charge in [0.25, 0.3) is 0 Å². The van der Waals surface area contributed by atoms with Gasteiger partial charge in [0.2, 0.25) is 0 Å². The SMILES string of the molecule is O=C(Cn1c(Cc2ccccc2)nc2ccccc21)c1ccc(Cl)cc1. The fourth-order valence-corrected chi connectivity index (χ4v) is 3.21. The molecule has 0 spiro atoms. The standard InChI is InChI=1S/C22H17ClN2O/c23-18-12-10-17(11-13-18)21(26)15-25-20-9-5-4-8-19(20)24-22(25)14-16-6-2-1-3-7-16/h1-13H,14-15H2. The normalized spacial score (nSPS) is 11.0. The molecule has 26 heavy (non-hydrogen) atoms. The average molecular weight is 361 g/mol. The average Bonchev–Trinajstić information content (AvgIpc) is 3.00. The van der Waals surface area contributed by atoms with E-state index in [9.17, 15) is 4.79 Å². The van der Waals surface area contributed by atoms with Crippen LogP contribution in [-0.2, 0) is 13.0 Å². The van der Waals surface area contributed by atoms with Crippen LogP contribution in [0.5, 0.6) is 0 Å². The molecule has 0 N–H and O–H groups in total. The third-order valence-electron chi connectivity index (χ3n) is 4.41. The molecule has 0 fully saturated rings. The molecule has 0 bridgehead atoms. The minimum atomic E-state index is 0.0409. The van der Waals surface area contributed by atoms with Crippen LogP contribution in [0.1, 0.15) is 21.7 Å². The molecular weight excluding hydrogens is 344 g/mol. The number of ketones is 1. The number of para-hydroxylation sites is 2. The number of rotatable bonds is 5. The molecular formula is C22H17ClN2O. The van der Waals surface area contributed by atoms with Gasteiger partial charge in [-0.05, 0) is 42.0 Å². The second-order valence-corrected chi connectivity index (χ2v) is 6.63. The van der Waals surface area contributed by atoms with E-state index in [2.05, 4.69) is 12.1 Å². The first-order valence-electron chi connectivity index (χ1n) is 8.47. The van der Waals surface area contributed by atoms with E-state index < -0.39 is 0 Å². The summed E-state index contributed by atoms with van der Waals surface area (Å²) in [6.45, 7) is 0.254. The van der Waals surface area contributed by atoms with Gasteiger partial charge in [0.15, 0.2) is 5.78 Å². The predicted molar refractivity (Wildman–Crippen MR) is 105 cm³/mol. The smallest absolute Gasteiger partial charge is 0.182 e. The lowest BCUT2D eigenvalue weighted by Gasteiger charge is -2.09. The number of fused-ring (bicyclic) bond motifs is 1. The largest absolute Gasteiger partial charge is 0.320 e. The van der Waals surface area contributed by atoms with E-state index in [0.717, 1.165) is 16.9 Å². The van der Waals surface area contributed by atoms with Crippen molar-refractivity contribution in [1.29, 1.82) is 0 Å². The van der Waals surface area contributed by atoms with E-state index in [1.165, 1.54) is 5.56 Å². The van der Waals surface area contributed by atoms with Crippen molar-refractivity contribution in [2.24, 2.45) is 0 Å². The third-order valence-corrected chi connectivity index (χ3v) is 4.66. The van der Waals surface area contributed by atoms with Gasteiger partial charge in [0.1, 0.15) is 5.82 Å². The number of hydrogen-bond acceptors (Lipinski definition) is 2. The number of carbonyl (C=O) groups excluding carboxylic acids is 1. The highest BCUT2D eigenvalue weighted by atomic mass is 35.5. The monoisotopic (exact) mass is 360 g/mol. The molecule has 0 atom stereocenters. The molecule has 1 aromatic heterocycles. The maximum atomic E-state index is 12.8. The number of carbonyl (C=O) groups is 1. The quantitative estimate of drug-likeness (QED) is 0.460. The molecule has 0 aliphatic carbocycles. The number of halogens is 1. The fourth-order valence-electron chi connectivity index (χ4n) is 3.09. The van der Waals surface area contributed by atoms with Crippen LogP contribution in [0, 0.1) is 0 Å². The minimum absolute atomic E-state index is 0.0409. The summed E-state index contributed by atoms with van der Waals surface area (Å²) in [5.74, 6) is 0.929. The zero-order valence-electron chi connectivity index (χ0n) is 14.1. The Morgan fingerprint density at radius 3 is 2.35 bits per heavy atom. The van der Waals surface area contributed by atoms with Gasteiger partial charge < -0.3 is 4.57 Å². The van der Waals surface area contributed by atoms with E-state index in [-0.39, 0.29) is 12.3 Å². The molecule has 0 amide bonds. The van der Waals surface area contributed by atoms with Gasteiger partial charge in [-0.25, -0.2) is 4.98 Å². The van der Waals surface area contributed by atoms with E-state index in [1.54, 1.807) is 24.3 Å². The summed E-state index contributed by atoms with van der Waals surface area (Å²) in [6, 6.07) is 25.1. The van der Waals surface area contributed by atoms with E-state index >= 15 is 0 Å². The highest BCUT2D eigenvalue weighted by molar-refractivity contribution is 6.30. The van der Waals surface area contributed by atoms with Crippen molar-refractivity contribution in [2.75, 3.05) is 0 Å². The lowest BCUT2D eigenvalue weighted by molar-refractivity contribution is 0.0972. The van der Waals surface area contributed by atoms with Gasteiger partial charge in [0.05, 0.1) is 17.6 Å². The van der Waals surface area contributed by atoms with Gasteiger partial charge in [-0.3, -0.25) is 4.79 Å². The van der Waals surface area contributed by atoms with Crippen molar-refractivity contribution in [3.63, 3.8) is 0 Å². The minimum Gasteiger partial charge on any atom is -0.320 e. The van der Waals surface area contributed by atoms with Gasteiger partial charge in [-0.15, -0.1) is 0 Å². The summed E-state index contributed by atoms with van der Waals surface area (Å²) in [4.78, 5) is 17.5. The number of aromatic nitrogens is 2. The third kappa shape index (κ3) is 3.39. The Bertz CT molecular complexity index is 1050. The molecule has 1 heterocycles. The fraction of sp³-hybridized carbons (Fsp3) is 0.0909. The molecule has 0 radical (unpaired) electrons. The predicted octanol–water partition coefficient (Wildman–Crippen LogP) is 5.16. The van der Waals surface area contributed by atoms with Crippen LogP contribution in [0.25, 0.3) is 11.0 Å². The van der Waals surface area contributed by atoms with Crippen molar-refractivity contribution in [1.82, 2.24) is 9.55 Å². The Hall–Kier alpha value is -2.91. The second kappa shape index (κ2) is 7.14. The van der Waals surface area contributed by atoms with Crippen LogP contribution in [0.2, 0.25) is 5.02 Å². The summed E-state index contributed by atoms with van der Waals surface area (Å²) in [5.41, 5.74) is 3.70. The Morgan fingerprint density at radius 2 is 1.58 bits per heavy atom. The van der Waals surface area contributed by atoms with Crippen molar-refractivity contribution >= 4 is 28.4 Å². The van der Waals surface area contributed by atoms with E-state index in [4.69, 9.17) is 16.6 Å². The molecule has 4 rings (SSSR count). The van der Waals surface area contributed by atoms with Gasteiger partial charge in [0, 0.05) is 17.0 Å². The van der Waals surface area contributed by atoms with Crippen LogP contribution >= 0.6 is 11.6 Å². The lowest BCUT2D eigenvalue weighted by atomic mass is 10.1. The van der Waals surface area contributed by atoms with Crippen molar-refractivity contribution in [3.05, 3.63) is 101 Å². The van der Waals surface area contributed by atoms with Crippen LogP contribution in [0.15, 0.2) is 78.9 Å². The van der Waals surface area contributed by atoms with E-state index in [1.807, 2.05) is 47.0 Å². The first-order valence-corrected chi connectivity index (χ1v) is 8.85. The van der Waals surface area contributed by atoms with Gasteiger partial charge in [-0.2, -0.15) is 0 Å². The zero-order valence-corrected chi connectivity index (χ0v) is 14.9. The Labute approximate surface area is 156 Å². The second-order valence-electron chi connectivity index (χ2n) is 6.20. The van der Waals surface area contributed by atoms with Crippen LogP contribution in [0.4, 0.5) is 0 Å². The molecule has 3 aromatic carbocycles. The summed E-state index contributed by atoms with van der Waals surface area (Å²) in [7, 11) is 0. The number of imidazole rings is 1. The zero-order chi connectivity index (χ0) is 17.9. The summed E-state index contributed by atoms with van der Waals surface area (Å²) < 4.78 is 2.01. The van der Waals surface area contributed by atoms with Crippen LogP contribution < -0.4 is 0 Å². The molecule has 0 aliphatic heterocycles. The lowest BCUT2D eigenvalue weighted by Crippen LogP contribution is -2.13. The summed E-state index contributed by atoms with van der Waals surface area (Å²) in [5, 5.41) is 0.624. The molecule has 3 nitrogen and oxygen atoms in total. The summed E-state index contributed by atoms with van der Waals surface area (Å²) >= 11 is 5.93. The molecule has 4 aromatic rings. The number of Topliss-reactive ketones (excluding diaryl/α,β-unsaturated/α-hetero) is 1. The maximum absolute atomic E-state index is 12.8. The Morgan fingerprint density at radius 1 is 0.885 bits per heavy atom. The maximum Gasteiger partial charge on any atom is 0.182 e. The highest BCUT2D eigenvalue weighted by Gasteiger charge is 2.15. The molecule has 0 saturated carbocycles. The topological polar surface area (TPSA) is 34.9 Å². The summed E-state index contributed by atoms with van der Waals surface area (Å²) in [6.07, 6.45) is 0.684. The number of benzene rings is 3. The van der Waals surface area contributed by atoms with Crippen LogP contribution in [-0.4, -0.2) is 15.3 Å². The highest BCUT2D eigenvalue weighted by Crippen LogP contribution is 2.20. The first kappa shape index (κ1) is 16.6. The Balaban J connectivity index is 1.71. The van der Waals surface area contributed by atoms with E-state index in [0.29, 0.717) is 17.0 Å².